The summed E-state index contributed by atoms with van der Waals surface area (Å²) in [5.41, 5.74) is -1.44. The third kappa shape index (κ3) is 4.06. The van der Waals surface area contributed by atoms with Crippen molar-refractivity contribution in [2.45, 2.75) is 18.9 Å². The van der Waals surface area contributed by atoms with E-state index in [9.17, 15) is 26.3 Å². The number of nitrogens with one attached hydrogen (secondary N) is 1. The number of anilines is 1. The molecule has 10 heteroatoms. The van der Waals surface area contributed by atoms with E-state index in [1.807, 2.05) is 0 Å². The first kappa shape index (κ1) is 15.5. The van der Waals surface area contributed by atoms with Crippen LogP contribution in [0.15, 0.2) is 23.7 Å². The molecule has 2 rings (SSSR count). The maximum atomic E-state index is 12.6. The summed E-state index contributed by atoms with van der Waals surface area (Å²) in [7, 11) is 0. The highest BCUT2D eigenvalue weighted by molar-refractivity contribution is 7.13. The van der Waals surface area contributed by atoms with Crippen LogP contribution in [0.2, 0.25) is 0 Å². The van der Waals surface area contributed by atoms with E-state index in [4.69, 9.17) is 0 Å². The van der Waals surface area contributed by atoms with Crippen LogP contribution in [0.5, 0.6) is 0 Å². The third-order valence-electron chi connectivity index (χ3n) is 2.45. The Morgan fingerprint density at radius 1 is 0.952 bits per heavy atom. The lowest BCUT2D eigenvalue weighted by molar-refractivity contribution is -0.143. The average molecular weight is 327 g/mol. The van der Waals surface area contributed by atoms with Crippen LogP contribution in [0.1, 0.15) is 16.7 Å². The van der Waals surface area contributed by atoms with Crippen molar-refractivity contribution >= 4 is 16.5 Å². The lowest BCUT2D eigenvalue weighted by atomic mass is 10.0. The fraction of sp³-hybridized carbons (Fsp3) is 0.273. The van der Waals surface area contributed by atoms with Gasteiger partial charge in [0.1, 0.15) is 5.51 Å². The van der Waals surface area contributed by atoms with E-state index in [1.165, 1.54) is 5.51 Å². The van der Waals surface area contributed by atoms with Crippen LogP contribution in [0.3, 0.4) is 0 Å². The molecule has 1 heterocycles. The van der Waals surface area contributed by atoms with Gasteiger partial charge in [-0.1, -0.05) is 11.3 Å². The normalized spacial score (nSPS) is 12.5. The molecule has 0 aliphatic heterocycles. The Hall–Kier alpha value is -1.84. The molecule has 0 amide bonds. The van der Waals surface area contributed by atoms with Crippen LogP contribution >= 0.6 is 11.3 Å². The molecule has 0 aliphatic rings. The first-order valence-electron chi connectivity index (χ1n) is 5.44. The predicted molar refractivity (Wildman–Crippen MR) is 63.7 cm³/mol. The lowest BCUT2D eigenvalue weighted by Crippen LogP contribution is -2.12. The first-order valence-corrected chi connectivity index (χ1v) is 6.32. The summed E-state index contributed by atoms with van der Waals surface area (Å²) in [5, 5.41) is 10.00. The maximum Gasteiger partial charge on any atom is 0.416 e. The van der Waals surface area contributed by atoms with Crippen molar-refractivity contribution in [3.05, 3.63) is 40.4 Å². The molecule has 3 nitrogen and oxygen atoms in total. The van der Waals surface area contributed by atoms with Crippen LogP contribution in [0, 0.1) is 0 Å². The molecule has 0 fully saturated rings. The SMILES string of the molecule is FC(F)(F)c1cc(CNc2nncs2)cc(C(F)(F)F)c1. The van der Waals surface area contributed by atoms with Crippen LogP contribution in [0.4, 0.5) is 31.5 Å². The van der Waals surface area contributed by atoms with E-state index in [0.29, 0.717) is 17.3 Å². The van der Waals surface area contributed by atoms with Crippen LogP contribution in [-0.4, -0.2) is 10.2 Å². The Morgan fingerprint density at radius 2 is 1.52 bits per heavy atom. The number of hydrogen-bond donors (Lipinski definition) is 1. The number of rotatable bonds is 3. The summed E-state index contributed by atoms with van der Waals surface area (Å²) in [4.78, 5) is 0. The number of halogens is 6. The van der Waals surface area contributed by atoms with E-state index < -0.39 is 23.5 Å². The minimum atomic E-state index is -4.85. The van der Waals surface area contributed by atoms with E-state index in [2.05, 4.69) is 15.5 Å². The summed E-state index contributed by atoms with van der Waals surface area (Å²) in [6.45, 7) is -0.220. The van der Waals surface area contributed by atoms with Crippen LogP contribution in [0.25, 0.3) is 0 Å². The monoisotopic (exact) mass is 327 g/mol. The van der Waals surface area contributed by atoms with Crippen molar-refractivity contribution in [2.75, 3.05) is 5.32 Å². The highest BCUT2D eigenvalue weighted by atomic mass is 32.1. The Balaban J connectivity index is 2.31. The zero-order valence-electron chi connectivity index (χ0n) is 10.1. The van der Waals surface area contributed by atoms with Gasteiger partial charge >= 0.3 is 12.4 Å². The van der Waals surface area contributed by atoms with Gasteiger partial charge in [-0.05, 0) is 23.8 Å². The molecule has 0 saturated carbocycles. The van der Waals surface area contributed by atoms with Gasteiger partial charge in [0, 0.05) is 6.54 Å². The molecule has 0 unspecified atom stereocenters. The summed E-state index contributed by atoms with van der Waals surface area (Å²) < 4.78 is 75.8. The summed E-state index contributed by atoms with van der Waals surface area (Å²) in [6.07, 6.45) is -9.70. The van der Waals surface area contributed by atoms with Crippen molar-refractivity contribution in [1.29, 1.82) is 0 Å². The first-order chi connectivity index (χ1) is 9.66. The van der Waals surface area contributed by atoms with E-state index in [-0.39, 0.29) is 18.2 Å². The van der Waals surface area contributed by atoms with Gasteiger partial charge in [0.2, 0.25) is 5.13 Å². The molecular weight excluding hydrogens is 320 g/mol. The average Bonchev–Trinajstić information content (AvgIpc) is 2.87. The Kier molecular flexibility index (Phi) is 4.08. The van der Waals surface area contributed by atoms with Crippen molar-refractivity contribution in [3.8, 4) is 0 Å². The Labute approximate surface area is 118 Å². The molecule has 1 aromatic carbocycles. The maximum absolute atomic E-state index is 12.6. The number of alkyl halides is 6. The highest BCUT2D eigenvalue weighted by Gasteiger charge is 2.36. The molecule has 0 bridgehead atoms. The third-order valence-corrected chi connectivity index (χ3v) is 3.10. The molecule has 0 radical (unpaired) electrons. The zero-order valence-corrected chi connectivity index (χ0v) is 10.9. The molecule has 0 spiro atoms. The van der Waals surface area contributed by atoms with Gasteiger partial charge in [-0.15, -0.1) is 10.2 Å². The molecule has 21 heavy (non-hydrogen) atoms. The van der Waals surface area contributed by atoms with E-state index in [0.717, 1.165) is 11.3 Å². The second-order valence-electron chi connectivity index (χ2n) is 4.01. The molecular formula is C11H7F6N3S. The Morgan fingerprint density at radius 3 is 1.95 bits per heavy atom. The second kappa shape index (κ2) is 5.51. The van der Waals surface area contributed by atoms with Gasteiger partial charge in [0.25, 0.3) is 0 Å². The second-order valence-corrected chi connectivity index (χ2v) is 4.84. The largest absolute Gasteiger partial charge is 0.416 e. The quantitative estimate of drug-likeness (QED) is 0.859. The molecule has 114 valence electrons. The predicted octanol–water partition coefficient (Wildman–Crippen LogP) is 4.19. The van der Waals surface area contributed by atoms with Crippen LogP contribution < -0.4 is 5.32 Å². The van der Waals surface area contributed by atoms with Gasteiger partial charge in [0.15, 0.2) is 0 Å². The summed E-state index contributed by atoms with van der Waals surface area (Å²) in [6, 6.07) is 1.43. The number of nitrogens with zero attached hydrogens (tertiary/aromatic N) is 2. The van der Waals surface area contributed by atoms with Gasteiger partial charge < -0.3 is 5.32 Å². The molecule has 0 saturated heterocycles. The fourth-order valence-corrected chi connectivity index (χ4v) is 1.99. The van der Waals surface area contributed by atoms with Crippen molar-refractivity contribution in [3.63, 3.8) is 0 Å². The standard InChI is InChI=1S/C11H7F6N3S/c12-10(13,14)7-1-6(2-8(3-7)11(15,16)17)4-18-9-20-19-5-21-9/h1-3,5H,4H2,(H,18,20). The van der Waals surface area contributed by atoms with Crippen molar-refractivity contribution in [1.82, 2.24) is 10.2 Å². The Bertz CT molecular complexity index is 573. The summed E-state index contributed by atoms with van der Waals surface area (Å²) >= 11 is 1.08. The molecule has 0 aliphatic carbocycles. The van der Waals surface area contributed by atoms with Gasteiger partial charge in [-0.25, -0.2) is 0 Å². The van der Waals surface area contributed by atoms with Gasteiger partial charge in [-0.2, -0.15) is 26.3 Å². The topological polar surface area (TPSA) is 37.8 Å². The molecule has 0 atom stereocenters. The van der Waals surface area contributed by atoms with E-state index >= 15 is 0 Å². The molecule has 1 aromatic heterocycles. The van der Waals surface area contributed by atoms with Crippen LogP contribution in [-0.2, 0) is 18.9 Å². The van der Waals surface area contributed by atoms with Gasteiger partial charge in [0.05, 0.1) is 11.1 Å². The minimum absolute atomic E-state index is 0.0917. The minimum Gasteiger partial charge on any atom is -0.356 e. The number of aromatic nitrogens is 2. The number of benzene rings is 1. The van der Waals surface area contributed by atoms with Gasteiger partial charge in [-0.3, -0.25) is 0 Å². The van der Waals surface area contributed by atoms with E-state index in [1.54, 1.807) is 0 Å². The highest BCUT2D eigenvalue weighted by Crippen LogP contribution is 2.36. The summed E-state index contributed by atoms with van der Waals surface area (Å²) in [5.74, 6) is 0. The molecule has 1 N–H and O–H groups in total. The number of hydrogen-bond acceptors (Lipinski definition) is 4. The van der Waals surface area contributed by atoms with Crippen molar-refractivity contribution in [2.24, 2.45) is 0 Å². The smallest absolute Gasteiger partial charge is 0.356 e. The zero-order chi connectivity index (χ0) is 15.7. The fourth-order valence-electron chi connectivity index (χ4n) is 1.55. The molecule has 2 aromatic rings. The lowest BCUT2D eigenvalue weighted by Gasteiger charge is -2.14. The van der Waals surface area contributed by atoms with Crippen molar-refractivity contribution < 1.29 is 26.3 Å².